The average Bonchev–Trinajstić information content (AvgIpc) is 2.55. The first-order valence-corrected chi connectivity index (χ1v) is 4.86. The Hall–Kier alpha value is -2.17. The molecule has 0 saturated carbocycles. The third kappa shape index (κ3) is 1.93. The lowest BCUT2D eigenvalue weighted by molar-refractivity contribution is -0.117. The highest BCUT2D eigenvalue weighted by atomic mass is 16.2. The second-order valence-electron chi connectivity index (χ2n) is 3.51. The van der Waals surface area contributed by atoms with Gasteiger partial charge in [-0.3, -0.25) is 14.6 Å². The van der Waals surface area contributed by atoms with E-state index in [1.165, 1.54) is 6.21 Å². The standard InChI is InChI=1S/C11H11N3O2/c12-10(15)6-13-5-8-7-3-1-2-4-9(7)14-11(8)16/h1-5,8H,6H2,(H2,12,15)(H,14,16)/t8-/m1/s1. The smallest absolute Gasteiger partial charge is 0.239 e. The van der Waals surface area contributed by atoms with E-state index < -0.39 is 11.8 Å². The number of nitrogens with zero attached hydrogens (tertiary/aromatic N) is 1. The van der Waals surface area contributed by atoms with Crippen LogP contribution in [0.3, 0.4) is 0 Å². The van der Waals surface area contributed by atoms with E-state index in [0.29, 0.717) is 0 Å². The molecule has 3 N–H and O–H groups in total. The van der Waals surface area contributed by atoms with Gasteiger partial charge in [0.2, 0.25) is 11.8 Å². The zero-order valence-corrected chi connectivity index (χ0v) is 8.51. The van der Waals surface area contributed by atoms with Gasteiger partial charge in [-0.25, -0.2) is 0 Å². The summed E-state index contributed by atoms with van der Waals surface area (Å²) in [6.07, 6.45) is 1.46. The number of nitrogens with one attached hydrogen (secondary N) is 1. The summed E-state index contributed by atoms with van der Waals surface area (Å²) in [5.74, 6) is -1.06. The predicted octanol–water partition coefficient (Wildman–Crippen LogP) is 0.278. The summed E-state index contributed by atoms with van der Waals surface area (Å²) in [6, 6.07) is 7.39. The summed E-state index contributed by atoms with van der Waals surface area (Å²) in [7, 11) is 0. The van der Waals surface area contributed by atoms with Gasteiger partial charge in [-0.15, -0.1) is 0 Å². The van der Waals surface area contributed by atoms with E-state index in [4.69, 9.17) is 5.73 Å². The Morgan fingerprint density at radius 1 is 1.50 bits per heavy atom. The minimum absolute atomic E-state index is 0.0913. The molecule has 1 aliphatic rings. The first-order chi connectivity index (χ1) is 7.68. The maximum absolute atomic E-state index is 11.6. The van der Waals surface area contributed by atoms with Gasteiger partial charge in [-0.2, -0.15) is 0 Å². The topological polar surface area (TPSA) is 84.6 Å². The number of hydrogen-bond acceptors (Lipinski definition) is 3. The van der Waals surface area contributed by atoms with Crippen LogP contribution in [0, 0.1) is 0 Å². The molecule has 0 spiro atoms. The minimum atomic E-state index is -0.511. The molecule has 5 nitrogen and oxygen atoms in total. The van der Waals surface area contributed by atoms with Crippen molar-refractivity contribution in [3.63, 3.8) is 0 Å². The lowest BCUT2D eigenvalue weighted by Crippen LogP contribution is -2.16. The fourth-order valence-electron chi connectivity index (χ4n) is 1.63. The van der Waals surface area contributed by atoms with Gasteiger partial charge >= 0.3 is 0 Å². The van der Waals surface area contributed by atoms with Crippen molar-refractivity contribution in [2.45, 2.75) is 5.92 Å². The third-order valence-corrected chi connectivity index (χ3v) is 2.34. The van der Waals surface area contributed by atoms with Crippen molar-refractivity contribution in [1.29, 1.82) is 0 Å². The number of nitrogens with two attached hydrogens (primary N) is 1. The Balaban J connectivity index is 2.19. The summed E-state index contributed by atoms with van der Waals surface area (Å²) >= 11 is 0. The number of aliphatic imine (C=N–C) groups is 1. The molecule has 2 amide bonds. The second-order valence-corrected chi connectivity index (χ2v) is 3.51. The van der Waals surface area contributed by atoms with Crippen molar-refractivity contribution in [2.24, 2.45) is 10.7 Å². The summed E-state index contributed by atoms with van der Waals surface area (Å²) < 4.78 is 0. The fourth-order valence-corrected chi connectivity index (χ4v) is 1.63. The molecular formula is C11H11N3O2. The number of carbonyl (C=O) groups is 2. The van der Waals surface area contributed by atoms with Crippen molar-refractivity contribution in [3.8, 4) is 0 Å². The van der Waals surface area contributed by atoms with Crippen molar-refractivity contribution in [2.75, 3.05) is 11.9 Å². The molecule has 2 rings (SSSR count). The number of hydrogen-bond donors (Lipinski definition) is 2. The van der Waals surface area contributed by atoms with Gasteiger partial charge in [0.15, 0.2) is 0 Å². The first kappa shape index (κ1) is 10.4. The van der Waals surface area contributed by atoms with Crippen molar-refractivity contribution < 1.29 is 9.59 Å². The van der Waals surface area contributed by atoms with Gasteiger partial charge in [0.25, 0.3) is 0 Å². The molecule has 0 radical (unpaired) electrons. The Morgan fingerprint density at radius 2 is 2.25 bits per heavy atom. The predicted molar refractivity (Wildman–Crippen MR) is 60.4 cm³/mol. The molecule has 0 bridgehead atoms. The Kier molecular flexibility index (Phi) is 2.68. The largest absolute Gasteiger partial charge is 0.368 e. The number of para-hydroxylation sites is 1. The first-order valence-electron chi connectivity index (χ1n) is 4.86. The summed E-state index contributed by atoms with van der Waals surface area (Å²) in [5, 5.41) is 2.74. The van der Waals surface area contributed by atoms with Crippen LogP contribution in [0.2, 0.25) is 0 Å². The fraction of sp³-hybridized carbons (Fsp3) is 0.182. The van der Waals surface area contributed by atoms with Crippen LogP contribution in [0.5, 0.6) is 0 Å². The highest BCUT2D eigenvalue weighted by Crippen LogP contribution is 2.30. The number of anilines is 1. The Morgan fingerprint density at radius 3 is 3.00 bits per heavy atom. The molecule has 0 saturated heterocycles. The van der Waals surface area contributed by atoms with E-state index in [0.717, 1.165) is 11.3 Å². The molecule has 1 aromatic carbocycles. The third-order valence-electron chi connectivity index (χ3n) is 2.34. The summed E-state index contributed by atoms with van der Waals surface area (Å²) in [6.45, 7) is -0.0913. The highest BCUT2D eigenvalue weighted by molar-refractivity contribution is 6.12. The number of fused-ring (bicyclic) bond motifs is 1. The Bertz CT molecular complexity index is 468. The number of carbonyl (C=O) groups excluding carboxylic acids is 2. The van der Waals surface area contributed by atoms with E-state index in [1.54, 1.807) is 0 Å². The van der Waals surface area contributed by atoms with Gasteiger partial charge in [-0.1, -0.05) is 18.2 Å². The molecule has 0 fully saturated rings. The highest BCUT2D eigenvalue weighted by Gasteiger charge is 2.28. The number of amides is 2. The quantitative estimate of drug-likeness (QED) is 0.712. The van der Waals surface area contributed by atoms with Gasteiger partial charge < -0.3 is 11.1 Å². The second kappa shape index (κ2) is 4.14. The monoisotopic (exact) mass is 217 g/mol. The van der Waals surface area contributed by atoms with E-state index in [1.807, 2.05) is 24.3 Å². The van der Waals surface area contributed by atoms with Crippen LogP contribution in [-0.4, -0.2) is 24.6 Å². The number of primary amides is 1. The van der Waals surface area contributed by atoms with Gasteiger partial charge in [0.1, 0.15) is 12.5 Å². The normalized spacial score (nSPS) is 18.5. The van der Waals surface area contributed by atoms with Crippen LogP contribution in [0.25, 0.3) is 0 Å². The van der Waals surface area contributed by atoms with Gasteiger partial charge in [0.05, 0.1) is 0 Å². The van der Waals surface area contributed by atoms with Crippen LogP contribution in [0.1, 0.15) is 11.5 Å². The molecule has 1 heterocycles. The molecule has 0 unspecified atom stereocenters. The maximum Gasteiger partial charge on any atom is 0.239 e. The van der Waals surface area contributed by atoms with E-state index in [9.17, 15) is 9.59 Å². The lowest BCUT2D eigenvalue weighted by atomic mass is 10.0. The van der Waals surface area contributed by atoms with Crippen molar-refractivity contribution in [3.05, 3.63) is 29.8 Å². The van der Waals surface area contributed by atoms with Crippen LogP contribution < -0.4 is 11.1 Å². The van der Waals surface area contributed by atoms with Crippen LogP contribution >= 0.6 is 0 Å². The summed E-state index contributed by atoms with van der Waals surface area (Å²) in [5.41, 5.74) is 6.62. The minimum Gasteiger partial charge on any atom is -0.368 e. The maximum atomic E-state index is 11.6. The van der Waals surface area contributed by atoms with Crippen LogP contribution in [-0.2, 0) is 9.59 Å². The molecule has 82 valence electrons. The van der Waals surface area contributed by atoms with Crippen molar-refractivity contribution in [1.82, 2.24) is 0 Å². The number of rotatable bonds is 3. The van der Waals surface area contributed by atoms with Gasteiger partial charge in [0, 0.05) is 11.9 Å². The lowest BCUT2D eigenvalue weighted by Gasteiger charge is -2.00. The molecule has 0 aliphatic carbocycles. The molecule has 5 heteroatoms. The number of benzene rings is 1. The molecular weight excluding hydrogens is 206 g/mol. The molecule has 1 aliphatic heterocycles. The van der Waals surface area contributed by atoms with E-state index >= 15 is 0 Å². The molecule has 1 aromatic rings. The van der Waals surface area contributed by atoms with Crippen LogP contribution in [0.4, 0.5) is 5.69 Å². The Labute approximate surface area is 92.4 Å². The van der Waals surface area contributed by atoms with E-state index in [2.05, 4.69) is 10.3 Å². The SMILES string of the molecule is NC(=O)CN=C[C@H]1C(=O)Nc2ccccc21. The molecule has 0 aromatic heterocycles. The zero-order chi connectivity index (χ0) is 11.5. The van der Waals surface area contributed by atoms with E-state index in [-0.39, 0.29) is 12.5 Å². The molecule has 16 heavy (non-hydrogen) atoms. The van der Waals surface area contributed by atoms with Crippen molar-refractivity contribution >= 4 is 23.7 Å². The average molecular weight is 217 g/mol. The summed E-state index contributed by atoms with van der Waals surface area (Å²) in [4.78, 5) is 25.9. The van der Waals surface area contributed by atoms with Gasteiger partial charge in [-0.05, 0) is 11.6 Å². The molecule has 1 atom stereocenters. The zero-order valence-electron chi connectivity index (χ0n) is 8.51. The van der Waals surface area contributed by atoms with Crippen LogP contribution in [0.15, 0.2) is 29.3 Å².